The third kappa shape index (κ3) is 4.04. The van der Waals surface area contributed by atoms with Crippen LogP contribution in [0.15, 0.2) is 24.8 Å². The number of likely N-dealkylation sites (tertiary alicyclic amines) is 1. The number of hydrogen-bond donors (Lipinski definition) is 2. The van der Waals surface area contributed by atoms with Gasteiger partial charge in [0.25, 0.3) is 0 Å². The summed E-state index contributed by atoms with van der Waals surface area (Å²) in [4.78, 5) is 27.9. The molecule has 2 heterocycles. The monoisotopic (exact) mass is 548 g/mol. The first-order valence-corrected chi connectivity index (χ1v) is 15.0. The second-order valence-corrected chi connectivity index (χ2v) is 13.1. The smallest absolute Gasteiger partial charge is 0.342 e. The lowest BCUT2D eigenvalue weighted by Crippen LogP contribution is -2.76. The molecule has 6 atom stereocenters. The van der Waals surface area contributed by atoms with Gasteiger partial charge in [-0.05, 0) is 51.7 Å². The Bertz CT molecular complexity index is 1200. The van der Waals surface area contributed by atoms with E-state index in [2.05, 4.69) is 16.6 Å². The number of rotatable bonds is 10. The van der Waals surface area contributed by atoms with E-state index in [-0.39, 0.29) is 36.4 Å². The van der Waals surface area contributed by atoms with Crippen LogP contribution in [0.3, 0.4) is 0 Å². The van der Waals surface area contributed by atoms with Gasteiger partial charge in [-0.2, -0.15) is 0 Å². The molecular weight excluding hydrogens is 511 g/mol. The predicted octanol–water partition coefficient (Wildman–Crippen LogP) is 2.70. The Kier molecular flexibility index (Phi) is 7.02. The van der Waals surface area contributed by atoms with Crippen molar-refractivity contribution in [3.63, 3.8) is 0 Å². The molecule has 0 amide bonds. The molecule has 10 nitrogen and oxygen atoms in total. The van der Waals surface area contributed by atoms with E-state index in [0.717, 1.165) is 11.1 Å². The number of ether oxygens (including phenoxy) is 3. The SMILES string of the molecule is C=CCN1CC[C@]23c4c5ccc(OP(=O)(COC)NC(C)C(=O)OC(C)C)c4O[C@H]2C(=O)CC[C@@]3(O)[C@H]1C5. The fraction of sp³-hybridized carbons (Fsp3) is 0.630. The van der Waals surface area contributed by atoms with Gasteiger partial charge in [-0.3, -0.25) is 19.1 Å². The Hall–Kier alpha value is -2.23. The molecule has 2 fully saturated rings. The summed E-state index contributed by atoms with van der Waals surface area (Å²) in [5.41, 5.74) is -0.300. The van der Waals surface area contributed by atoms with Gasteiger partial charge in [0.2, 0.25) is 0 Å². The summed E-state index contributed by atoms with van der Waals surface area (Å²) in [7, 11) is -2.39. The number of nitrogens with zero attached hydrogens (tertiary/aromatic N) is 1. The number of Topliss-reactive ketones (excluding diaryl/α,β-unsaturated/α-hetero) is 1. The number of carbonyl (C=O) groups is 2. The molecule has 2 aliphatic heterocycles. The lowest BCUT2D eigenvalue weighted by molar-refractivity contribution is -0.187. The van der Waals surface area contributed by atoms with Crippen LogP contribution < -0.4 is 14.3 Å². The highest BCUT2D eigenvalue weighted by molar-refractivity contribution is 7.57. The van der Waals surface area contributed by atoms with Gasteiger partial charge >= 0.3 is 13.5 Å². The van der Waals surface area contributed by atoms with Crippen molar-refractivity contribution in [3.05, 3.63) is 35.9 Å². The number of piperidine rings is 1. The average molecular weight is 549 g/mol. The van der Waals surface area contributed by atoms with E-state index in [0.29, 0.717) is 38.1 Å². The Labute approximate surface area is 223 Å². The number of aliphatic hydroxyl groups is 1. The second kappa shape index (κ2) is 9.75. The summed E-state index contributed by atoms with van der Waals surface area (Å²) < 4.78 is 36.7. The lowest BCUT2D eigenvalue weighted by Gasteiger charge is -2.62. The third-order valence-electron chi connectivity index (χ3n) is 8.36. The van der Waals surface area contributed by atoms with Crippen molar-refractivity contribution in [1.29, 1.82) is 0 Å². The predicted molar refractivity (Wildman–Crippen MR) is 140 cm³/mol. The minimum atomic E-state index is -3.78. The zero-order valence-corrected chi connectivity index (χ0v) is 23.3. The van der Waals surface area contributed by atoms with Gasteiger partial charge < -0.3 is 23.8 Å². The molecule has 0 radical (unpaired) electrons. The molecule has 1 aromatic rings. The van der Waals surface area contributed by atoms with Crippen LogP contribution in [-0.2, 0) is 35.5 Å². The van der Waals surface area contributed by atoms with E-state index < -0.39 is 36.7 Å². The van der Waals surface area contributed by atoms with Crippen LogP contribution >= 0.6 is 7.52 Å². The Morgan fingerprint density at radius 3 is 2.82 bits per heavy atom. The number of esters is 1. The molecule has 208 valence electrons. The van der Waals surface area contributed by atoms with Gasteiger partial charge in [0.05, 0.1) is 17.1 Å². The summed E-state index contributed by atoms with van der Waals surface area (Å²) in [5.74, 6) is -0.0906. The fourth-order valence-corrected chi connectivity index (χ4v) is 8.64. The highest BCUT2D eigenvalue weighted by atomic mass is 31.2. The number of ketones is 1. The van der Waals surface area contributed by atoms with Crippen molar-refractivity contribution in [2.75, 3.05) is 26.5 Å². The van der Waals surface area contributed by atoms with E-state index in [1.165, 1.54) is 7.11 Å². The topological polar surface area (TPSA) is 124 Å². The van der Waals surface area contributed by atoms with E-state index in [1.807, 2.05) is 12.1 Å². The third-order valence-corrected chi connectivity index (χ3v) is 10.2. The normalized spacial score (nSPS) is 31.7. The van der Waals surface area contributed by atoms with Gasteiger partial charge in [0, 0.05) is 38.2 Å². The van der Waals surface area contributed by atoms with E-state index >= 15 is 0 Å². The summed E-state index contributed by atoms with van der Waals surface area (Å²) in [6.07, 6.45) is 2.07. The Balaban J connectivity index is 1.54. The zero-order chi connectivity index (χ0) is 27.5. The van der Waals surface area contributed by atoms with Crippen LogP contribution in [0.4, 0.5) is 0 Å². The molecule has 11 heteroatoms. The van der Waals surface area contributed by atoms with E-state index in [4.69, 9.17) is 18.7 Å². The maximum Gasteiger partial charge on any atom is 0.342 e. The molecule has 0 aromatic heterocycles. The van der Waals surface area contributed by atoms with Crippen molar-refractivity contribution in [3.8, 4) is 11.5 Å². The molecule has 2 bridgehead atoms. The first kappa shape index (κ1) is 27.3. The van der Waals surface area contributed by atoms with Crippen molar-refractivity contribution in [2.24, 2.45) is 0 Å². The fourth-order valence-electron chi connectivity index (χ4n) is 6.96. The lowest BCUT2D eigenvalue weighted by atomic mass is 9.49. The number of hydrogen-bond acceptors (Lipinski definition) is 9. The largest absolute Gasteiger partial charge is 0.477 e. The summed E-state index contributed by atoms with van der Waals surface area (Å²) >= 11 is 0. The van der Waals surface area contributed by atoms with Crippen LogP contribution in [0.25, 0.3) is 0 Å². The molecule has 2 aliphatic carbocycles. The Morgan fingerprint density at radius 2 is 2.13 bits per heavy atom. The highest BCUT2D eigenvalue weighted by Gasteiger charge is 2.73. The Morgan fingerprint density at radius 1 is 1.37 bits per heavy atom. The average Bonchev–Trinajstić information content (AvgIpc) is 3.20. The first-order valence-electron chi connectivity index (χ1n) is 13.2. The van der Waals surface area contributed by atoms with E-state index in [1.54, 1.807) is 26.8 Å². The van der Waals surface area contributed by atoms with Crippen molar-refractivity contribution in [1.82, 2.24) is 9.99 Å². The maximum absolute atomic E-state index is 13.9. The molecule has 1 spiro atoms. The molecule has 1 saturated heterocycles. The highest BCUT2D eigenvalue weighted by Crippen LogP contribution is 2.65. The summed E-state index contributed by atoms with van der Waals surface area (Å²) in [5, 5.41) is 15.1. The summed E-state index contributed by atoms with van der Waals surface area (Å²) in [6, 6.07) is 2.49. The molecule has 1 saturated carbocycles. The van der Waals surface area contributed by atoms with Crippen LogP contribution in [0.2, 0.25) is 0 Å². The van der Waals surface area contributed by atoms with Crippen molar-refractivity contribution in [2.45, 2.75) is 81.8 Å². The van der Waals surface area contributed by atoms with E-state index in [9.17, 15) is 19.3 Å². The van der Waals surface area contributed by atoms with Gasteiger partial charge in [-0.15, -0.1) is 6.58 Å². The molecule has 2 N–H and O–H groups in total. The standard InChI is InChI=1S/C27H37N2O8P/c1-6-12-29-13-11-26-22-18-7-8-20(37-38(33,15-34-5)28-17(4)25(31)35-16(2)3)23(22)36-24(26)19(30)9-10-27(26,32)21(29)14-18/h6-8,16-17,21,24,32H,1,9-15H2,2-5H3,(H,28,33)/t17?,21-,24+,26+,27-,38?/m1/s1. The maximum atomic E-state index is 13.9. The molecule has 2 unspecified atom stereocenters. The molecular formula is C27H37N2O8P. The molecule has 38 heavy (non-hydrogen) atoms. The van der Waals surface area contributed by atoms with Gasteiger partial charge in [0.1, 0.15) is 12.4 Å². The number of benzene rings is 1. The number of carbonyl (C=O) groups excluding carboxylic acids is 2. The minimum Gasteiger partial charge on any atom is -0.477 e. The summed E-state index contributed by atoms with van der Waals surface area (Å²) in [6.45, 7) is 10.2. The minimum absolute atomic E-state index is 0.0520. The van der Waals surface area contributed by atoms with Crippen LogP contribution in [0.5, 0.6) is 11.5 Å². The van der Waals surface area contributed by atoms with Gasteiger partial charge in [0.15, 0.2) is 23.4 Å². The second-order valence-electron chi connectivity index (χ2n) is 11.1. The first-order chi connectivity index (χ1) is 18.0. The molecule has 5 rings (SSSR count). The number of methoxy groups -OCH3 is 1. The van der Waals surface area contributed by atoms with Gasteiger partial charge in [-0.1, -0.05) is 12.1 Å². The van der Waals surface area contributed by atoms with Crippen LogP contribution in [0.1, 0.15) is 51.2 Å². The van der Waals surface area contributed by atoms with Crippen LogP contribution in [-0.4, -0.2) is 78.2 Å². The zero-order valence-electron chi connectivity index (χ0n) is 22.4. The van der Waals surface area contributed by atoms with Crippen LogP contribution in [0, 0.1) is 0 Å². The van der Waals surface area contributed by atoms with Crippen molar-refractivity contribution < 1.29 is 38.0 Å². The van der Waals surface area contributed by atoms with Crippen molar-refractivity contribution >= 4 is 19.3 Å². The number of nitrogens with one attached hydrogen (secondary N) is 1. The molecule has 1 aromatic carbocycles. The molecule has 4 aliphatic rings. The van der Waals surface area contributed by atoms with Gasteiger partial charge in [-0.25, -0.2) is 5.09 Å². The quantitative estimate of drug-likeness (QED) is 0.256.